The molecule has 0 radical (unpaired) electrons. The Morgan fingerprint density at radius 1 is 0.792 bits per heavy atom. The molecule has 0 bridgehead atoms. The average Bonchev–Trinajstić information content (AvgIpc) is 2.62. The molecule has 0 saturated carbocycles. The summed E-state index contributed by atoms with van der Waals surface area (Å²) in [6, 6.07) is 23.4. The number of benzene rings is 3. The predicted molar refractivity (Wildman–Crippen MR) is 101 cm³/mol. The van der Waals surface area contributed by atoms with E-state index in [4.69, 9.17) is 0 Å². The van der Waals surface area contributed by atoms with Crippen molar-refractivity contribution in [1.29, 1.82) is 0 Å². The molecule has 3 rings (SSSR count). The first-order chi connectivity index (χ1) is 11.6. The van der Waals surface area contributed by atoms with E-state index in [0.29, 0.717) is 11.1 Å². The highest BCUT2D eigenvalue weighted by molar-refractivity contribution is 6.09. The van der Waals surface area contributed by atoms with Gasteiger partial charge >= 0.3 is 0 Å². The van der Waals surface area contributed by atoms with Crippen LogP contribution in [0.5, 0.6) is 0 Å². The molecular formula is C23H20O. The van der Waals surface area contributed by atoms with E-state index in [1.807, 2.05) is 61.5 Å². The minimum absolute atomic E-state index is 0.0505. The molecule has 1 heteroatoms. The van der Waals surface area contributed by atoms with Crippen LogP contribution in [0, 0.1) is 6.92 Å². The Bertz CT molecular complexity index is 887. The highest BCUT2D eigenvalue weighted by Crippen LogP contribution is 2.29. The van der Waals surface area contributed by atoms with Crippen molar-refractivity contribution in [2.45, 2.75) is 13.8 Å². The highest BCUT2D eigenvalue weighted by Gasteiger charge is 2.10. The first-order valence-corrected chi connectivity index (χ1v) is 8.03. The molecule has 0 aliphatic rings. The lowest BCUT2D eigenvalue weighted by Crippen LogP contribution is -2.00. The van der Waals surface area contributed by atoms with Gasteiger partial charge in [0.15, 0.2) is 5.78 Å². The number of ketones is 1. The maximum Gasteiger partial charge on any atom is 0.193 e. The Balaban J connectivity index is 1.95. The van der Waals surface area contributed by atoms with E-state index >= 15 is 0 Å². The van der Waals surface area contributed by atoms with Crippen molar-refractivity contribution in [2.75, 3.05) is 0 Å². The molecule has 1 nitrogen and oxygen atoms in total. The topological polar surface area (TPSA) is 17.1 Å². The Kier molecular flexibility index (Phi) is 4.43. The Hall–Kier alpha value is -2.93. The Morgan fingerprint density at radius 2 is 1.42 bits per heavy atom. The summed E-state index contributed by atoms with van der Waals surface area (Å²) >= 11 is 0. The third-order valence-corrected chi connectivity index (χ3v) is 4.29. The Labute approximate surface area is 143 Å². The van der Waals surface area contributed by atoms with Crippen molar-refractivity contribution >= 4 is 11.4 Å². The van der Waals surface area contributed by atoms with Crippen LogP contribution >= 0.6 is 0 Å². The second kappa shape index (κ2) is 6.67. The van der Waals surface area contributed by atoms with Crippen molar-refractivity contribution in [2.24, 2.45) is 0 Å². The van der Waals surface area contributed by atoms with Crippen LogP contribution in [0.25, 0.3) is 16.7 Å². The van der Waals surface area contributed by atoms with Gasteiger partial charge in [0.1, 0.15) is 0 Å². The fourth-order valence-electron chi connectivity index (χ4n) is 2.97. The van der Waals surface area contributed by atoms with Gasteiger partial charge in [-0.1, -0.05) is 84.9 Å². The zero-order valence-electron chi connectivity index (χ0n) is 14.0. The van der Waals surface area contributed by atoms with E-state index in [1.54, 1.807) is 0 Å². The van der Waals surface area contributed by atoms with E-state index in [9.17, 15) is 4.79 Å². The summed E-state index contributed by atoms with van der Waals surface area (Å²) in [6.45, 7) is 8.18. The molecule has 0 saturated heterocycles. The van der Waals surface area contributed by atoms with Crippen LogP contribution in [-0.2, 0) is 0 Å². The van der Waals surface area contributed by atoms with Crippen molar-refractivity contribution < 1.29 is 4.79 Å². The fraction of sp³-hybridized carbons (Fsp3) is 0.0870. The smallest absolute Gasteiger partial charge is 0.193 e. The van der Waals surface area contributed by atoms with Gasteiger partial charge in [-0.25, -0.2) is 0 Å². The molecule has 0 aliphatic carbocycles. The molecule has 0 unspecified atom stereocenters. The zero-order chi connectivity index (χ0) is 17.1. The standard InChI is InChI=1S/C23H20O/c1-16(2)21-10-7-11-22(17(21)3)18-12-14-20(15-13-18)23(24)19-8-5-4-6-9-19/h4-15H,1H2,2-3H3. The molecule has 0 heterocycles. The minimum Gasteiger partial charge on any atom is -0.289 e. The van der Waals surface area contributed by atoms with Gasteiger partial charge in [-0.3, -0.25) is 4.79 Å². The third-order valence-electron chi connectivity index (χ3n) is 4.29. The van der Waals surface area contributed by atoms with Gasteiger partial charge in [-0.2, -0.15) is 0 Å². The SMILES string of the molecule is C=C(C)c1cccc(-c2ccc(C(=O)c3ccccc3)cc2)c1C. The fourth-order valence-corrected chi connectivity index (χ4v) is 2.97. The summed E-state index contributed by atoms with van der Waals surface area (Å²) in [4.78, 5) is 12.5. The summed E-state index contributed by atoms with van der Waals surface area (Å²) in [6.07, 6.45) is 0. The highest BCUT2D eigenvalue weighted by atomic mass is 16.1. The molecule has 24 heavy (non-hydrogen) atoms. The van der Waals surface area contributed by atoms with Crippen LogP contribution in [0.1, 0.15) is 34.0 Å². The second-order valence-corrected chi connectivity index (χ2v) is 6.03. The maximum atomic E-state index is 12.5. The van der Waals surface area contributed by atoms with E-state index in [1.165, 1.54) is 16.7 Å². The number of carbonyl (C=O) groups is 1. The molecule has 0 N–H and O–H groups in total. The molecule has 0 atom stereocenters. The van der Waals surface area contributed by atoms with Gasteiger partial charge in [0.2, 0.25) is 0 Å². The van der Waals surface area contributed by atoms with Crippen molar-refractivity contribution in [3.8, 4) is 11.1 Å². The molecule has 0 aliphatic heterocycles. The van der Waals surface area contributed by atoms with Crippen molar-refractivity contribution in [3.05, 3.63) is 102 Å². The largest absolute Gasteiger partial charge is 0.289 e. The molecule has 0 fully saturated rings. The monoisotopic (exact) mass is 312 g/mol. The van der Waals surface area contributed by atoms with Gasteiger partial charge in [0.25, 0.3) is 0 Å². The van der Waals surface area contributed by atoms with Gasteiger partial charge in [-0.05, 0) is 36.1 Å². The molecule has 3 aromatic rings. The van der Waals surface area contributed by atoms with Gasteiger partial charge in [-0.15, -0.1) is 0 Å². The summed E-state index contributed by atoms with van der Waals surface area (Å²) in [5.74, 6) is 0.0505. The van der Waals surface area contributed by atoms with Crippen molar-refractivity contribution in [3.63, 3.8) is 0 Å². The molecule has 0 amide bonds. The Morgan fingerprint density at radius 3 is 2.04 bits per heavy atom. The number of hydrogen-bond acceptors (Lipinski definition) is 1. The number of carbonyl (C=O) groups excluding carboxylic acids is 1. The number of rotatable bonds is 4. The first-order valence-electron chi connectivity index (χ1n) is 8.03. The summed E-state index contributed by atoms with van der Waals surface area (Å²) in [5.41, 5.74) is 7.16. The van der Waals surface area contributed by atoms with E-state index in [0.717, 1.165) is 11.1 Å². The third kappa shape index (κ3) is 3.07. The average molecular weight is 312 g/mol. The number of allylic oxidation sites excluding steroid dienone is 1. The van der Waals surface area contributed by atoms with Gasteiger partial charge < -0.3 is 0 Å². The van der Waals surface area contributed by atoms with Gasteiger partial charge in [0.05, 0.1) is 0 Å². The van der Waals surface area contributed by atoms with Crippen LogP contribution in [0.4, 0.5) is 0 Å². The molecule has 0 spiro atoms. The number of hydrogen-bond donors (Lipinski definition) is 0. The molecule has 118 valence electrons. The lowest BCUT2D eigenvalue weighted by Gasteiger charge is -2.12. The normalized spacial score (nSPS) is 10.4. The van der Waals surface area contributed by atoms with Crippen molar-refractivity contribution in [1.82, 2.24) is 0 Å². The maximum absolute atomic E-state index is 12.5. The van der Waals surface area contributed by atoms with E-state index < -0.39 is 0 Å². The lowest BCUT2D eigenvalue weighted by atomic mass is 9.92. The van der Waals surface area contributed by atoms with Crippen LogP contribution < -0.4 is 0 Å². The van der Waals surface area contributed by atoms with Gasteiger partial charge in [0, 0.05) is 11.1 Å². The van der Waals surface area contributed by atoms with E-state index in [2.05, 4.69) is 31.7 Å². The predicted octanol–water partition coefficient (Wildman–Crippen LogP) is 5.93. The molecular weight excluding hydrogens is 292 g/mol. The molecule has 0 aromatic heterocycles. The zero-order valence-corrected chi connectivity index (χ0v) is 14.0. The first kappa shape index (κ1) is 15.9. The summed E-state index contributed by atoms with van der Waals surface area (Å²) < 4.78 is 0. The summed E-state index contributed by atoms with van der Waals surface area (Å²) in [7, 11) is 0. The van der Waals surface area contributed by atoms with Crippen LogP contribution in [0.3, 0.4) is 0 Å². The van der Waals surface area contributed by atoms with E-state index in [-0.39, 0.29) is 5.78 Å². The lowest BCUT2D eigenvalue weighted by molar-refractivity contribution is 0.103. The second-order valence-electron chi connectivity index (χ2n) is 6.03. The summed E-state index contributed by atoms with van der Waals surface area (Å²) in [5, 5.41) is 0. The van der Waals surface area contributed by atoms with Crippen LogP contribution in [0.2, 0.25) is 0 Å². The minimum atomic E-state index is 0.0505. The molecule has 3 aromatic carbocycles. The van der Waals surface area contributed by atoms with Crippen LogP contribution in [-0.4, -0.2) is 5.78 Å². The quantitative estimate of drug-likeness (QED) is 0.546. The van der Waals surface area contributed by atoms with Crippen LogP contribution in [0.15, 0.2) is 79.4 Å².